The second-order valence-electron chi connectivity index (χ2n) is 6.01. The molecule has 0 heterocycles. The minimum atomic E-state index is -0.430. The minimum absolute atomic E-state index is 0.122. The van der Waals surface area contributed by atoms with Crippen molar-refractivity contribution in [1.82, 2.24) is 10.6 Å². The maximum atomic E-state index is 11.9. The van der Waals surface area contributed by atoms with E-state index in [1.807, 2.05) is 38.1 Å². The van der Waals surface area contributed by atoms with Crippen LogP contribution in [0.1, 0.15) is 38.2 Å². The number of hydrogen-bond acceptors (Lipinski definition) is 3. The molecule has 122 valence electrons. The van der Waals surface area contributed by atoms with Crippen LogP contribution in [0.4, 0.5) is 4.79 Å². The van der Waals surface area contributed by atoms with E-state index in [9.17, 15) is 9.90 Å². The van der Waals surface area contributed by atoms with Gasteiger partial charge in [0.15, 0.2) is 0 Å². The highest BCUT2D eigenvalue weighted by molar-refractivity contribution is 5.74. The van der Waals surface area contributed by atoms with Crippen molar-refractivity contribution in [3.63, 3.8) is 0 Å². The Morgan fingerprint density at radius 3 is 2.82 bits per heavy atom. The maximum Gasteiger partial charge on any atom is 0.315 e. The molecule has 3 unspecified atom stereocenters. The van der Waals surface area contributed by atoms with Crippen molar-refractivity contribution < 1.29 is 14.6 Å². The summed E-state index contributed by atoms with van der Waals surface area (Å²) in [6.07, 6.45) is 3.13. The molecule has 0 bridgehead atoms. The molecule has 3 N–H and O–H groups in total. The first-order chi connectivity index (χ1) is 10.6. The first kappa shape index (κ1) is 16.6. The molecule has 0 aliphatic heterocycles. The number of aliphatic hydroxyl groups is 1. The van der Waals surface area contributed by atoms with Crippen LogP contribution in [0, 0.1) is 6.92 Å². The van der Waals surface area contributed by atoms with E-state index in [0.29, 0.717) is 6.54 Å². The molecule has 1 saturated carbocycles. The molecular formula is C17H26N2O3. The average Bonchev–Trinajstić information content (AvgIpc) is 2.50. The van der Waals surface area contributed by atoms with Crippen molar-refractivity contribution in [2.75, 3.05) is 6.54 Å². The van der Waals surface area contributed by atoms with Gasteiger partial charge in [-0.1, -0.05) is 31.0 Å². The van der Waals surface area contributed by atoms with Gasteiger partial charge in [-0.2, -0.15) is 0 Å². The van der Waals surface area contributed by atoms with Gasteiger partial charge in [-0.05, 0) is 38.3 Å². The lowest BCUT2D eigenvalue weighted by molar-refractivity contribution is 0.0940. The molecular weight excluding hydrogens is 280 g/mol. The largest absolute Gasteiger partial charge is 0.489 e. The highest BCUT2D eigenvalue weighted by Crippen LogP contribution is 2.18. The van der Waals surface area contributed by atoms with E-state index in [1.165, 1.54) is 0 Å². The van der Waals surface area contributed by atoms with Crippen molar-refractivity contribution in [1.29, 1.82) is 0 Å². The summed E-state index contributed by atoms with van der Waals surface area (Å²) in [6.45, 7) is 4.33. The van der Waals surface area contributed by atoms with E-state index in [2.05, 4.69) is 10.6 Å². The first-order valence-corrected chi connectivity index (χ1v) is 8.01. The Kier molecular flexibility index (Phi) is 6.07. The molecule has 0 aromatic heterocycles. The Balaban J connectivity index is 1.72. The number of ether oxygens (including phenoxy) is 1. The Hall–Kier alpha value is -1.75. The summed E-state index contributed by atoms with van der Waals surface area (Å²) in [5.41, 5.74) is 1.07. The molecule has 0 spiro atoms. The third kappa shape index (κ3) is 4.91. The molecule has 1 fully saturated rings. The molecule has 5 heteroatoms. The highest BCUT2D eigenvalue weighted by atomic mass is 16.5. The molecule has 0 radical (unpaired) electrons. The third-order valence-electron chi connectivity index (χ3n) is 4.02. The van der Waals surface area contributed by atoms with E-state index in [-0.39, 0.29) is 18.2 Å². The summed E-state index contributed by atoms with van der Waals surface area (Å²) in [5, 5.41) is 15.5. The van der Waals surface area contributed by atoms with Crippen LogP contribution in [-0.4, -0.2) is 35.9 Å². The molecule has 1 aliphatic rings. The van der Waals surface area contributed by atoms with Crippen LogP contribution in [0.5, 0.6) is 5.75 Å². The Bertz CT molecular complexity index is 493. The van der Waals surface area contributed by atoms with Crippen LogP contribution in [0.15, 0.2) is 24.3 Å². The Labute approximate surface area is 132 Å². The number of para-hydroxylation sites is 1. The van der Waals surface area contributed by atoms with Gasteiger partial charge in [0.05, 0.1) is 18.7 Å². The zero-order valence-corrected chi connectivity index (χ0v) is 13.3. The number of carbonyl (C=O) groups is 1. The van der Waals surface area contributed by atoms with E-state index >= 15 is 0 Å². The Morgan fingerprint density at radius 2 is 2.09 bits per heavy atom. The van der Waals surface area contributed by atoms with Crippen LogP contribution in [0.25, 0.3) is 0 Å². The van der Waals surface area contributed by atoms with Crippen molar-refractivity contribution in [3.05, 3.63) is 29.8 Å². The van der Waals surface area contributed by atoms with Gasteiger partial charge in [0, 0.05) is 0 Å². The van der Waals surface area contributed by atoms with Gasteiger partial charge in [-0.25, -0.2) is 4.79 Å². The number of rotatable bonds is 5. The molecule has 1 aliphatic carbocycles. The van der Waals surface area contributed by atoms with Gasteiger partial charge in [-0.3, -0.25) is 0 Å². The van der Waals surface area contributed by atoms with Crippen molar-refractivity contribution in [3.8, 4) is 5.75 Å². The number of aryl methyl sites for hydroxylation is 1. The standard InChI is InChI=1S/C17H26N2O3/c1-12-7-3-6-10-16(12)22-13(2)11-18-17(21)19-14-8-4-5-9-15(14)20/h3,6-7,10,13-15,20H,4-5,8-9,11H2,1-2H3,(H2,18,19,21). The first-order valence-electron chi connectivity index (χ1n) is 8.01. The predicted molar refractivity (Wildman–Crippen MR) is 86.1 cm³/mol. The number of aliphatic hydroxyl groups excluding tert-OH is 1. The summed E-state index contributed by atoms with van der Waals surface area (Å²) < 4.78 is 5.81. The van der Waals surface area contributed by atoms with Crippen molar-refractivity contribution >= 4 is 6.03 Å². The summed E-state index contributed by atoms with van der Waals surface area (Å²) in [6, 6.07) is 7.43. The van der Waals surface area contributed by atoms with Crippen LogP contribution < -0.4 is 15.4 Å². The fourth-order valence-corrected chi connectivity index (χ4v) is 2.68. The predicted octanol–water partition coefficient (Wildman–Crippen LogP) is 2.37. The lowest BCUT2D eigenvalue weighted by Gasteiger charge is -2.28. The molecule has 2 amide bonds. The number of carbonyl (C=O) groups excluding carboxylic acids is 1. The molecule has 1 aromatic carbocycles. The van der Waals surface area contributed by atoms with Crippen LogP contribution in [0.2, 0.25) is 0 Å². The van der Waals surface area contributed by atoms with Crippen molar-refractivity contribution in [2.45, 2.75) is 57.8 Å². The average molecular weight is 306 g/mol. The van der Waals surface area contributed by atoms with Crippen molar-refractivity contribution in [2.24, 2.45) is 0 Å². The lowest BCUT2D eigenvalue weighted by atomic mass is 9.93. The highest BCUT2D eigenvalue weighted by Gasteiger charge is 2.24. The fourth-order valence-electron chi connectivity index (χ4n) is 2.68. The van der Waals surface area contributed by atoms with Gasteiger partial charge < -0.3 is 20.5 Å². The smallest absolute Gasteiger partial charge is 0.315 e. The van der Waals surface area contributed by atoms with E-state index in [4.69, 9.17) is 4.74 Å². The normalized spacial score (nSPS) is 22.7. The number of benzene rings is 1. The topological polar surface area (TPSA) is 70.6 Å². The molecule has 5 nitrogen and oxygen atoms in total. The monoisotopic (exact) mass is 306 g/mol. The van der Waals surface area contributed by atoms with Crippen LogP contribution in [-0.2, 0) is 0 Å². The summed E-state index contributed by atoms with van der Waals surface area (Å²) >= 11 is 0. The second-order valence-corrected chi connectivity index (χ2v) is 6.01. The maximum absolute atomic E-state index is 11.9. The van der Waals surface area contributed by atoms with E-state index < -0.39 is 6.10 Å². The molecule has 22 heavy (non-hydrogen) atoms. The number of nitrogens with one attached hydrogen (secondary N) is 2. The minimum Gasteiger partial charge on any atom is -0.489 e. The van der Waals surface area contributed by atoms with Crippen LogP contribution in [0.3, 0.4) is 0 Å². The SMILES string of the molecule is Cc1ccccc1OC(C)CNC(=O)NC1CCCCC1O. The summed E-state index contributed by atoms with van der Waals surface area (Å²) in [5.74, 6) is 0.833. The Morgan fingerprint density at radius 1 is 1.36 bits per heavy atom. The quantitative estimate of drug-likeness (QED) is 0.782. The molecule has 2 rings (SSSR count). The second kappa shape index (κ2) is 8.03. The van der Waals surface area contributed by atoms with Gasteiger partial charge in [0.2, 0.25) is 0 Å². The fraction of sp³-hybridized carbons (Fsp3) is 0.588. The third-order valence-corrected chi connectivity index (χ3v) is 4.02. The van der Waals surface area contributed by atoms with E-state index in [0.717, 1.165) is 37.0 Å². The lowest BCUT2D eigenvalue weighted by Crippen LogP contribution is -2.50. The molecule has 0 saturated heterocycles. The van der Waals surface area contributed by atoms with Gasteiger partial charge in [0.25, 0.3) is 0 Å². The number of urea groups is 1. The summed E-state index contributed by atoms with van der Waals surface area (Å²) in [7, 11) is 0. The molecule has 1 aromatic rings. The number of amides is 2. The molecule has 3 atom stereocenters. The van der Waals surface area contributed by atoms with Gasteiger partial charge in [-0.15, -0.1) is 0 Å². The van der Waals surface area contributed by atoms with E-state index in [1.54, 1.807) is 0 Å². The van der Waals surface area contributed by atoms with Gasteiger partial charge in [0.1, 0.15) is 11.9 Å². The zero-order chi connectivity index (χ0) is 15.9. The zero-order valence-electron chi connectivity index (χ0n) is 13.3. The number of hydrogen-bond donors (Lipinski definition) is 3. The van der Waals surface area contributed by atoms with Crippen LogP contribution >= 0.6 is 0 Å². The summed E-state index contributed by atoms with van der Waals surface area (Å²) in [4.78, 5) is 11.9. The van der Waals surface area contributed by atoms with Gasteiger partial charge >= 0.3 is 6.03 Å².